The van der Waals surface area contributed by atoms with E-state index >= 15 is 0 Å². The fourth-order valence-electron chi connectivity index (χ4n) is 3.44. The lowest BCUT2D eigenvalue weighted by atomic mass is 10.1. The first-order chi connectivity index (χ1) is 13.6. The van der Waals surface area contributed by atoms with Crippen LogP contribution in [0.4, 0.5) is 11.6 Å². The van der Waals surface area contributed by atoms with Crippen LogP contribution in [0.1, 0.15) is 27.3 Å². The quantitative estimate of drug-likeness (QED) is 0.710. The topological polar surface area (TPSA) is 58.1 Å². The van der Waals surface area contributed by atoms with Crippen LogP contribution in [0.25, 0.3) is 0 Å². The Morgan fingerprint density at radius 2 is 2.00 bits per heavy atom. The molecular weight excluding hydrogens is 372 g/mol. The second-order valence-corrected chi connectivity index (χ2v) is 7.30. The normalized spacial score (nSPS) is 12.7. The van der Waals surface area contributed by atoms with Gasteiger partial charge in [0.2, 0.25) is 5.95 Å². The number of rotatable bonds is 5. The van der Waals surface area contributed by atoms with Crippen molar-refractivity contribution in [1.82, 2.24) is 15.3 Å². The van der Waals surface area contributed by atoms with Crippen molar-refractivity contribution in [3.8, 4) is 0 Å². The summed E-state index contributed by atoms with van der Waals surface area (Å²) in [5, 5.41) is 3.64. The Bertz CT molecular complexity index is 1020. The SMILES string of the molecule is Cc1cc(C(=O)NCCc2cccc(Cl)c2)nc(N2CCc3ccccc32)n1. The van der Waals surface area contributed by atoms with Gasteiger partial charge in [0.25, 0.3) is 5.91 Å². The number of fused-ring (bicyclic) bond motifs is 1. The van der Waals surface area contributed by atoms with Crippen LogP contribution in [-0.2, 0) is 12.8 Å². The largest absolute Gasteiger partial charge is 0.350 e. The van der Waals surface area contributed by atoms with Crippen LogP contribution in [0.3, 0.4) is 0 Å². The first-order valence-corrected chi connectivity index (χ1v) is 9.72. The number of aromatic nitrogens is 2. The minimum absolute atomic E-state index is 0.193. The molecule has 0 radical (unpaired) electrons. The van der Waals surface area contributed by atoms with Crippen molar-refractivity contribution in [1.29, 1.82) is 0 Å². The van der Waals surface area contributed by atoms with Crippen LogP contribution in [0, 0.1) is 6.92 Å². The number of amides is 1. The molecule has 4 rings (SSSR count). The number of aryl methyl sites for hydroxylation is 1. The van der Waals surface area contributed by atoms with Crippen LogP contribution in [0.15, 0.2) is 54.6 Å². The van der Waals surface area contributed by atoms with Crippen molar-refractivity contribution in [3.05, 3.63) is 82.1 Å². The predicted octanol–water partition coefficient (Wildman–Crippen LogP) is 4.11. The van der Waals surface area contributed by atoms with E-state index < -0.39 is 0 Å². The lowest BCUT2D eigenvalue weighted by Crippen LogP contribution is -2.28. The zero-order valence-corrected chi connectivity index (χ0v) is 16.4. The third kappa shape index (κ3) is 3.99. The standard InChI is InChI=1S/C22H21ClN4O/c1-15-13-19(21(28)24-11-9-16-5-4-7-18(23)14-16)26-22(25-15)27-12-10-17-6-2-3-8-20(17)27/h2-8,13-14H,9-12H2,1H3,(H,24,28). The molecule has 0 atom stereocenters. The summed E-state index contributed by atoms with van der Waals surface area (Å²) < 4.78 is 0. The van der Waals surface area contributed by atoms with Gasteiger partial charge in [-0.3, -0.25) is 4.79 Å². The van der Waals surface area contributed by atoms with E-state index in [9.17, 15) is 4.79 Å². The fourth-order valence-corrected chi connectivity index (χ4v) is 3.65. The first kappa shape index (κ1) is 18.4. The Hall–Kier alpha value is -2.92. The molecule has 28 heavy (non-hydrogen) atoms. The van der Waals surface area contributed by atoms with Crippen LogP contribution < -0.4 is 10.2 Å². The summed E-state index contributed by atoms with van der Waals surface area (Å²) in [6, 6.07) is 17.6. The molecule has 0 spiro atoms. The van der Waals surface area contributed by atoms with E-state index in [-0.39, 0.29) is 5.91 Å². The van der Waals surface area contributed by atoms with Gasteiger partial charge < -0.3 is 10.2 Å². The number of benzene rings is 2. The summed E-state index contributed by atoms with van der Waals surface area (Å²) in [4.78, 5) is 23.8. The fraction of sp³-hybridized carbons (Fsp3) is 0.227. The minimum atomic E-state index is -0.193. The van der Waals surface area contributed by atoms with E-state index in [0.29, 0.717) is 29.6 Å². The molecule has 142 valence electrons. The number of nitrogens with one attached hydrogen (secondary N) is 1. The van der Waals surface area contributed by atoms with Crippen molar-refractivity contribution >= 4 is 29.1 Å². The third-order valence-electron chi connectivity index (χ3n) is 4.79. The summed E-state index contributed by atoms with van der Waals surface area (Å²) in [7, 11) is 0. The van der Waals surface area contributed by atoms with Gasteiger partial charge in [-0.2, -0.15) is 0 Å². The number of para-hydroxylation sites is 1. The van der Waals surface area contributed by atoms with Crippen LogP contribution in [0.2, 0.25) is 5.02 Å². The van der Waals surface area contributed by atoms with E-state index in [2.05, 4.69) is 32.3 Å². The maximum atomic E-state index is 12.6. The second-order valence-electron chi connectivity index (χ2n) is 6.86. The zero-order valence-electron chi connectivity index (χ0n) is 15.7. The summed E-state index contributed by atoms with van der Waals surface area (Å²) in [6.07, 6.45) is 1.66. The number of anilines is 2. The highest BCUT2D eigenvalue weighted by Gasteiger charge is 2.23. The van der Waals surface area contributed by atoms with Gasteiger partial charge in [0.05, 0.1) is 0 Å². The Balaban J connectivity index is 1.47. The van der Waals surface area contributed by atoms with E-state index in [1.54, 1.807) is 6.07 Å². The lowest BCUT2D eigenvalue weighted by Gasteiger charge is -2.18. The average molecular weight is 393 g/mol. The highest BCUT2D eigenvalue weighted by Crippen LogP contribution is 2.32. The monoisotopic (exact) mass is 392 g/mol. The lowest BCUT2D eigenvalue weighted by molar-refractivity contribution is 0.0949. The molecule has 1 aromatic heterocycles. The molecule has 1 aliphatic heterocycles. The number of halogens is 1. The number of hydrogen-bond acceptors (Lipinski definition) is 4. The Kier molecular flexibility index (Phi) is 5.26. The number of hydrogen-bond donors (Lipinski definition) is 1. The van der Waals surface area contributed by atoms with Gasteiger partial charge in [0.15, 0.2) is 0 Å². The maximum Gasteiger partial charge on any atom is 0.270 e. The average Bonchev–Trinajstić information content (AvgIpc) is 3.12. The molecule has 5 nitrogen and oxygen atoms in total. The number of nitrogens with zero attached hydrogens (tertiary/aromatic N) is 3. The van der Waals surface area contributed by atoms with Crippen LogP contribution >= 0.6 is 11.6 Å². The molecule has 0 fully saturated rings. The summed E-state index contributed by atoms with van der Waals surface area (Å²) in [6.45, 7) is 3.22. The minimum Gasteiger partial charge on any atom is -0.350 e. The number of carbonyl (C=O) groups excluding carboxylic acids is 1. The zero-order chi connectivity index (χ0) is 19.5. The van der Waals surface area contributed by atoms with Gasteiger partial charge in [-0.05, 0) is 55.2 Å². The van der Waals surface area contributed by atoms with Gasteiger partial charge in [-0.15, -0.1) is 0 Å². The van der Waals surface area contributed by atoms with E-state index in [1.807, 2.05) is 43.3 Å². The molecular formula is C22H21ClN4O. The van der Waals surface area contributed by atoms with Crippen molar-refractivity contribution in [2.75, 3.05) is 18.0 Å². The molecule has 0 saturated carbocycles. The van der Waals surface area contributed by atoms with Gasteiger partial charge in [-0.1, -0.05) is 41.9 Å². The van der Waals surface area contributed by atoms with E-state index in [4.69, 9.17) is 11.6 Å². The van der Waals surface area contributed by atoms with Crippen molar-refractivity contribution in [3.63, 3.8) is 0 Å². The third-order valence-corrected chi connectivity index (χ3v) is 5.03. The molecule has 1 N–H and O–H groups in total. The van der Waals surface area contributed by atoms with Gasteiger partial charge in [0.1, 0.15) is 5.69 Å². The predicted molar refractivity (Wildman–Crippen MR) is 111 cm³/mol. The highest BCUT2D eigenvalue weighted by molar-refractivity contribution is 6.30. The smallest absolute Gasteiger partial charge is 0.270 e. The van der Waals surface area contributed by atoms with Crippen molar-refractivity contribution in [2.24, 2.45) is 0 Å². The molecule has 3 aromatic rings. The molecule has 1 aliphatic rings. The van der Waals surface area contributed by atoms with Crippen LogP contribution in [0.5, 0.6) is 0 Å². The van der Waals surface area contributed by atoms with Gasteiger partial charge >= 0.3 is 0 Å². The molecule has 1 amide bonds. The first-order valence-electron chi connectivity index (χ1n) is 9.34. The van der Waals surface area contributed by atoms with Gasteiger partial charge in [0, 0.05) is 29.5 Å². The summed E-state index contributed by atoms with van der Waals surface area (Å²) in [5.41, 5.74) is 4.63. The molecule has 0 aliphatic carbocycles. The Labute approximate surface area is 169 Å². The summed E-state index contributed by atoms with van der Waals surface area (Å²) >= 11 is 6.01. The van der Waals surface area contributed by atoms with Crippen LogP contribution in [-0.4, -0.2) is 29.0 Å². The van der Waals surface area contributed by atoms with Crippen molar-refractivity contribution in [2.45, 2.75) is 19.8 Å². The molecule has 0 bridgehead atoms. The second kappa shape index (κ2) is 7.98. The maximum absolute atomic E-state index is 12.6. The van der Waals surface area contributed by atoms with Crippen molar-refractivity contribution < 1.29 is 4.79 Å². The van der Waals surface area contributed by atoms with E-state index in [0.717, 1.165) is 29.9 Å². The molecule has 0 unspecified atom stereocenters. The number of carbonyl (C=O) groups is 1. The Morgan fingerprint density at radius 3 is 2.86 bits per heavy atom. The molecule has 0 saturated heterocycles. The molecule has 6 heteroatoms. The highest BCUT2D eigenvalue weighted by atomic mass is 35.5. The van der Waals surface area contributed by atoms with Gasteiger partial charge in [-0.25, -0.2) is 9.97 Å². The van der Waals surface area contributed by atoms with E-state index in [1.165, 1.54) is 5.56 Å². The molecule has 2 heterocycles. The summed E-state index contributed by atoms with van der Waals surface area (Å²) in [5.74, 6) is 0.381. The molecule has 2 aromatic carbocycles. The Morgan fingerprint density at radius 1 is 1.14 bits per heavy atom.